The van der Waals surface area contributed by atoms with Crippen LogP contribution in [-0.4, -0.2) is 26.9 Å². The number of thioether (sulfide) groups is 1. The molecule has 8 heteroatoms. The number of pyridine rings is 1. The Morgan fingerprint density at radius 2 is 1.88 bits per heavy atom. The Balaban J connectivity index is 2.08. The fourth-order valence-corrected chi connectivity index (χ4v) is 3.19. The maximum Gasteiger partial charge on any atom is 0.426 e. The lowest BCUT2D eigenvalue weighted by Gasteiger charge is -2.23. The van der Waals surface area contributed by atoms with E-state index in [1.807, 2.05) is 31.2 Å². The summed E-state index contributed by atoms with van der Waals surface area (Å²) in [7, 11) is 0. The summed E-state index contributed by atoms with van der Waals surface area (Å²) >= 11 is 1.63. The molecule has 1 atom stereocenters. The van der Waals surface area contributed by atoms with E-state index in [0.29, 0.717) is 18.4 Å². The van der Waals surface area contributed by atoms with Crippen molar-refractivity contribution in [3.8, 4) is 11.4 Å². The Labute approximate surface area is 145 Å². The van der Waals surface area contributed by atoms with Gasteiger partial charge in [-0.05, 0) is 24.8 Å². The summed E-state index contributed by atoms with van der Waals surface area (Å²) in [6.45, 7) is 2.50. The molecule has 3 nitrogen and oxygen atoms in total. The molecule has 0 aliphatic heterocycles. The summed E-state index contributed by atoms with van der Waals surface area (Å²) in [5, 5.41) is 0. The van der Waals surface area contributed by atoms with Crippen LogP contribution in [0.25, 0.3) is 22.6 Å². The summed E-state index contributed by atoms with van der Waals surface area (Å²) < 4.78 is 52.8. The first-order chi connectivity index (χ1) is 11.7. The minimum atomic E-state index is -5.02. The Morgan fingerprint density at radius 3 is 2.56 bits per heavy atom. The standard InChI is InChI=1S/C17H15F4N3S/c1-3-25-13-7-5-4-6-11(13)14-23-12-8-10(9-22-15(12)24-14)16(2,18)17(19,20)21/h4-9H,3H2,1-2H3,(H,22,23,24). The van der Waals surface area contributed by atoms with E-state index in [1.54, 1.807) is 11.8 Å². The number of aromatic nitrogens is 3. The Hall–Kier alpha value is -2.09. The highest BCUT2D eigenvalue weighted by Gasteiger charge is 2.53. The van der Waals surface area contributed by atoms with Gasteiger partial charge in [0.2, 0.25) is 5.67 Å². The second-order valence-electron chi connectivity index (χ2n) is 5.61. The van der Waals surface area contributed by atoms with Crippen LogP contribution in [0.4, 0.5) is 17.6 Å². The minimum Gasteiger partial charge on any atom is -0.323 e. The number of imidazole rings is 1. The van der Waals surface area contributed by atoms with E-state index >= 15 is 0 Å². The van der Waals surface area contributed by atoms with Crippen LogP contribution in [0.15, 0.2) is 41.4 Å². The fraction of sp³-hybridized carbons (Fsp3) is 0.294. The second-order valence-corrected chi connectivity index (χ2v) is 6.91. The van der Waals surface area contributed by atoms with Gasteiger partial charge < -0.3 is 4.98 Å². The molecule has 0 aliphatic carbocycles. The molecular formula is C17H15F4N3S. The molecule has 0 radical (unpaired) electrons. The summed E-state index contributed by atoms with van der Waals surface area (Å²) in [5.41, 5.74) is -2.72. The summed E-state index contributed by atoms with van der Waals surface area (Å²) in [6.07, 6.45) is -4.13. The van der Waals surface area contributed by atoms with Crippen molar-refractivity contribution in [3.05, 3.63) is 42.1 Å². The number of nitrogens with zero attached hydrogens (tertiary/aromatic N) is 2. The molecule has 3 rings (SSSR count). The van der Waals surface area contributed by atoms with E-state index in [-0.39, 0.29) is 5.52 Å². The van der Waals surface area contributed by atoms with Crippen molar-refractivity contribution >= 4 is 22.9 Å². The molecule has 25 heavy (non-hydrogen) atoms. The van der Waals surface area contributed by atoms with Gasteiger partial charge in [-0.2, -0.15) is 13.2 Å². The maximum atomic E-state index is 14.1. The van der Waals surface area contributed by atoms with Crippen molar-refractivity contribution in [2.45, 2.75) is 30.6 Å². The maximum absolute atomic E-state index is 14.1. The van der Waals surface area contributed by atoms with Crippen LogP contribution in [0, 0.1) is 0 Å². The van der Waals surface area contributed by atoms with Gasteiger partial charge in [-0.25, -0.2) is 14.4 Å². The lowest BCUT2D eigenvalue weighted by atomic mass is 9.99. The van der Waals surface area contributed by atoms with E-state index in [2.05, 4.69) is 15.0 Å². The largest absolute Gasteiger partial charge is 0.426 e. The average molecular weight is 369 g/mol. The zero-order chi connectivity index (χ0) is 18.2. The number of hydrogen-bond donors (Lipinski definition) is 1. The van der Waals surface area contributed by atoms with Gasteiger partial charge in [0.1, 0.15) is 11.3 Å². The molecule has 2 aromatic heterocycles. The first-order valence-electron chi connectivity index (χ1n) is 7.58. The topological polar surface area (TPSA) is 41.6 Å². The van der Waals surface area contributed by atoms with Gasteiger partial charge in [0.15, 0.2) is 5.65 Å². The van der Waals surface area contributed by atoms with Crippen LogP contribution >= 0.6 is 11.8 Å². The van der Waals surface area contributed by atoms with E-state index in [0.717, 1.165) is 28.5 Å². The van der Waals surface area contributed by atoms with Crippen molar-refractivity contribution in [1.29, 1.82) is 0 Å². The number of alkyl halides is 4. The lowest BCUT2D eigenvalue weighted by molar-refractivity contribution is -0.228. The molecule has 132 valence electrons. The van der Waals surface area contributed by atoms with Gasteiger partial charge >= 0.3 is 6.18 Å². The summed E-state index contributed by atoms with van der Waals surface area (Å²) in [5.74, 6) is 1.36. The number of halogens is 4. The SMILES string of the molecule is CCSc1ccccc1-c1nc2cc(C(C)(F)C(F)(F)F)cnc2[nH]1. The summed E-state index contributed by atoms with van der Waals surface area (Å²) in [6, 6.07) is 8.65. The van der Waals surface area contributed by atoms with Gasteiger partial charge in [0.25, 0.3) is 0 Å². The van der Waals surface area contributed by atoms with Gasteiger partial charge in [-0.3, -0.25) is 0 Å². The van der Waals surface area contributed by atoms with Crippen molar-refractivity contribution in [3.63, 3.8) is 0 Å². The van der Waals surface area contributed by atoms with Gasteiger partial charge in [0, 0.05) is 22.2 Å². The first kappa shape index (κ1) is 17.7. The minimum absolute atomic E-state index is 0.192. The lowest BCUT2D eigenvalue weighted by Crippen LogP contribution is -2.35. The zero-order valence-corrected chi connectivity index (χ0v) is 14.3. The molecule has 0 amide bonds. The fourth-order valence-electron chi connectivity index (χ4n) is 2.39. The van der Waals surface area contributed by atoms with Crippen LogP contribution in [0.2, 0.25) is 0 Å². The molecule has 0 spiro atoms. The molecule has 2 heterocycles. The number of benzene rings is 1. The van der Waals surface area contributed by atoms with Crippen LogP contribution < -0.4 is 0 Å². The van der Waals surface area contributed by atoms with E-state index in [4.69, 9.17) is 0 Å². The number of nitrogens with one attached hydrogen (secondary N) is 1. The first-order valence-corrected chi connectivity index (χ1v) is 8.56. The molecule has 0 aliphatic rings. The van der Waals surface area contributed by atoms with Gasteiger partial charge in [0.05, 0.1) is 0 Å². The number of hydrogen-bond acceptors (Lipinski definition) is 3. The van der Waals surface area contributed by atoms with Crippen molar-refractivity contribution in [2.24, 2.45) is 0 Å². The predicted molar refractivity (Wildman–Crippen MR) is 90.2 cm³/mol. The molecule has 0 bridgehead atoms. The van der Waals surface area contributed by atoms with Crippen molar-refractivity contribution < 1.29 is 17.6 Å². The zero-order valence-electron chi connectivity index (χ0n) is 13.5. The Kier molecular flexibility index (Phi) is 4.49. The quantitative estimate of drug-likeness (QED) is 0.489. The highest BCUT2D eigenvalue weighted by atomic mass is 32.2. The molecule has 1 unspecified atom stereocenters. The smallest absolute Gasteiger partial charge is 0.323 e. The number of rotatable bonds is 4. The van der Waals surface area contributed by atoms with Crippen LogP contribution in [0.5, 0.6) is 0 Å². The third-order valence-corrected chi connectivity index (χ3v) is 4.81. The molecule has 1 aromatic carbocycles. The monoisotopic (exact) mass is 369 g/mol. The van der Waals surface area contributed by atoms with E-state index in [9.17, 15) is 17.6 Å². The average Bonchev–Trinajstić information content (AvgIpc) is 2.97. The Bertz CT molecular complexity index is 902. The van der Waals surface area contributed by atoms with Crippen LogP contribution in [-0.2, 0) is 5.67 Å². The molecule has 3 aromatic rings. The molecule has 0 saturated heterocycles. The van der Waals surface area contributed by atoms with Crippen molar-refractivity contribution in [1.82, 2.24) is 15.0 Å². The second kappa shape index (κ2) is 6.33. The van der Waals surface area contributed by atoms with E-state index in [1.165, 1.54) is 0 Å². The molecule has 0 saturated carbocycles. The van der Waals surface area contributed by atoms with Crippen molar-refractivity contribution in [2.75, 3.05) is 5.75 Å². The van der Waals surface area contributed by atoms with Gasteiger partial charge in [-0.15, -0.1) is 11.8 Å². The van der Waals surface area contributed by atoms with Gasteiger partial charge in [-0.1, -0.05) is 25.1 Å². The van der Waals surface area contributed by atoms with Crippen LogP contribution in [0.1, 0.15) is 19.4 Å². The normalized spacial score (nSPS) is 14.6. The van der Waals surface area contributed by atoms with E-state index < -0.39 is 17.4 Å². The number of H-pyrrole nitrogens is 1. The third kappa shape index (κ3) is 3.22. The molecule has 1 N–H and O–H groups in total. The number of aromatic amines is 1. The summed E-state index contributed by atoms with van der Waals surface area (Å²) in [4.78, 5) is 12.2. The molecular weight excluding hydrogens is 354 g/mol. The third-order valence-electron chi connectivity index (χ3n) is 3.85. The highest BCUT2D eigenvalue weighted by molar-refractivity contribution is 7.99. The van der Waals surface area contributed by atoms with Crippen LogP contribution in [0.3, 0.4) is 0 Å². The highest BCUT2D eigenvalue weighted by Crippen LogP contribution is 2.42. The predicted octanol–water partition coefficient (Wildman–Crippen LogP) is 5.48. The number of fused-ring (bicyclic) bond motifs is 1. The Morgan fingerprint density at radius 1 is 1.16 bits per heavy atom. The molecule has 0 fully saturated rings.